The third kappa shape index (κ3) is 2.61. The lowest BCUT2D eigenvalue weighted by Gasteiger charge is -2.09. The molecule has 0 unspecified atom stereocenters. The zero-order chi connectivity index (χ0) is 13.9. The number of ether oxygens (including phenoxy) is 1. The molecule has 3 rings (SSSR count). The lowest BCUT2D eigenvalue weighted by atomic mass is 10.2. The van der Waals surface area contributed by atoms with Crippen molar-refractivity contribution in [3.63, 3.8) is 0 Å². The lowest BCUT2D eigenvalue weighted by Crippen LogP contribution is -2.00. The first-order chi connectivity index (χ1) is 9.76. The highest BCUT2D eigenvalue weighted by molar-refractivity contribution is 9.10. The second-order valence-corrected chi connectivity index (χ2v) is 5.02. The Morgan fingerprint density at radius 2 is 1.95 bits per heavy atom. The van der Waals surface area contributed by atoms with E-state index in [9.17, 15) is 0 Å². The third-order valence-corrected chi connectivity index (χ3v) is 3.26. The highest BCUT2D eigenvalue weighted by atomic mass is 79.9. The molecule has 5 nitrogen and oxygen atoms in total. The van der Waals surface area contributed by atoms with Gasteiger partial charge in [0.25, 0.3) is 0 Å². The van der Waals surface area contributed by atoms with Gasteiger partial charge in [-0.2, -0.15) is 4.98 Å². The van der Waals surface area contributed by atoms with Crippen LogP contribution in [0.25, 0.3) is 11.2 Å². The van der Waals surface area contributed by atoms with Gasteiger partial charge < -0.3 is 10.5 Å². The molecule has 0 saturated heterocycles. The molecule has 0 aliphatic carbocycles. The van der Waals surface area contributed by atoms with Crippen LogP contribution in [0, 0.1) is 0 Å². The summed E-state index contributed by atoms with van der Waals surface area (Å²) in [5.74, 6) is 1.15. The summed E-state index contributed by atoms with van der Waals surface area (Å²) in [6, 6.07) is 9.27. The maximum Gasteiger partial charge on any atom is 0.221 e. The topological polar surface area (TPSA) is 73.9 Å². The van der Waals surface area contributed by atoms with Crippen molar-refractivity contribution in [1.82, 2.24) is 15.0 Å². The molecule has 0 bridgehead atoms. The standard InChI is InChI=1S/C14H11BrN4O/c15-10-1-3-12(9(7-10)8-16)20-13-4-2-11-14(19-13)18-6-5-17-11/h1-7H,8,16H2. The Kier molecular flexibility index (Phi) is 3.58. The van der Waals surface area contributed by atoms with Crippen LogP contribution < -0.4 is 10.5 Å². The van der Waals surface area contributed by atoms with Gasteiger partial charge in [0.1, 0.15) is 11.3 Å². The Morgan fingerprint density at radius 3 is 2.80 bits per heavy atom. The molecule has 20 heavy (non-hydrogen) atoms. The molecule has 0 aliphatic heterocycles. The van der Waals surface area contributed by atoms with Crippen molar-refractivity contribution in [1.29, 1.82) is 0 Å². The van der Waals surface area contributed by atoms with E-state index in [4.69, 9.17) is 10.5 Å². The molecular weight excluding hydrogens is 320 g/mol. The molecule has 2 N–H and O–H groups in total. The summed E-state index contributed by atoms with van der Waals surface area (Å²) in [5.41, 5.74) is 7.91. The van der Waals surface area contributed by atoms with E-state index < -0.39 is 0 Å². The van der Waals surface area contributed by atoms with Gasteiger partial charge in [-0.3, -0.25) is 4.98 Å². The molecular formula is C14H11BrN4O. The highest BCUT2D eigenvalue weighted by Gasteiger charge is 2.07. The lowest BCUT2D eigenvalue weighted by molar-refractivity contribution is 0.459. The van der Waals surface area contributed by atoms with E-state index in [0.717, 1.165) is 15.6 Å². The van der Waals surface area contributed by atoms with Gasteiger partial charge in [0.15, 0.2) is 5.65 Å². The van der Waals surface area contributed by atoms with E-state index in [-0.39, 0.29) is 0 Å². The highest BCUT2D eigenvalue weighted by Crippen LogP contribution is 2.27. The van der Waals surface area contributed by atoms with Gasteiger partial charge in [-0.15, -0.1) is 0 Å². The van der Waals surface area contributed by atoms with Crippen LogP contribution in [0.2, 0.25) is 0 Å². The van der Waals surface area contributed by atoms with Gasteiger partial charge in [-0.25, -0.2) is 4.98 Å². The van der Waals surface area contributed by atoms with E-state index >= 15 is 0 Å². The molecule has 0 atom stereocenters. The average molecular weight is 331 g/mol. The van der Waals surface area contributed by atoms with E-state index in [0.29, 0.717) is 23.8 Å². The summed E-state index contributed by atoms with van der Waals surface area (Å²) in [4.78, 5) is 12.6. The Labute approximate surface area is 124 Å². The van der Waals surface area contributed by atoms with E-state index in [2.05, 4.69) is 30.9 Å². The van der Waals surface area contributed by atoms with Gasteiger partial charge in [0.05, 0.1) is 0 Å². The molecule has 1 aromatic carbocycles. The monoisotopic (exact) mass is 330 g/mol. The molecule has 6 heteroatoms. The van der Waals surface area contributed by atoms with Crippen molar-refractivity contribution in [3.05, 3.63) is 52.8 Å². The molecule has 0 aliphatic rings. The first-order valence-electron chi connectivity index (χ1n) is 6.00. The van der Waals surface area contributed by atoms with Gasteiger partial charge in [0, 0.05) is 35.0 Å². The number of rotatable bonds is 3. The number of hydrogen-bond acceptors (Lipinski definition) is 5. The summed E-state index contributed by atoms with van der Waals surface area (Å²) in [6.07, 6.45) is 3.23. The summed E-state index contributed by atoms with van der Waals surface area (Å²) in [7, 11) is 0. The fourth-order valence-corrected chi connectivity index (χ4v) is 2.22. The first kappa shape index (κ1) is 13.0. The van der Waals surface area contributed by atoms with Crippen molar-refractivity contribution >= 4 is 27.1 Å². The van der Waals surface area contributed by atoms with E-state index in [1.807, 2.05) is 24.3 Å². The molecule has 100 valence electrons. The Bertz CT molecular complexity index is 763. The quantitative estimate of drug-likeness (QED) is 0.798. The van der Waals surface area contributed by atoms with Crippen molar-refractivity contribution < 1.29 is 4.74 Å². The molecule has 2 aromatic heterocycles. The van der Waals surface area contributed by atoms with Crippen molar-refractivity contribution in [2.75, 3.05) is 0 Å². The summed E-state index contributed by atoms with van der Waals surface area (Å²) < 4.78 is 6.74. The minimum Gasteiger partial charge on any atom is -0.439 e. The summed E-state index contributed by atoms with van der Waals surface area (Å²) in [6.45, 7) is 0.391. The normalized spacial score (nSPS) is 10.7. The predicted molar refractivity (Wildman–Crippen MR) is 79.4 cm³/mol. The number of pyridine rings is 1. The zero-order valence-corrected chi connectivity index (χ0v) is 12.0. The van der Waals surface area contributed by atoms with Crippen LogP contribution in [0.5, 0.6) is 11.6 Å². The van der Waals surface area contributed by atoms with Crippen LogP contribution in [0.3, 0.4) is 0 Å². The van der Waals surface area contributed by atoms with Gasteiger partial charge in [0.2, 0.25) is 5.88 Å². The van der Waals surface area contributed by atoms with Gasteiger partial charge >= 0.3 is 0 Å². The number of nitrogens with two attached hydrogens (primary N) is 1. The smallest absolute Gasteiger partial charge is 0.221 e. The number of aromatic nitrogens is 3. The molecule has 3 aromatic rings. The first-order valence-corrected chi connectivity index (χ1v) is 6.79. The van der Waals surface area contributed by atoms with Crippen LogP contribution in [0.4, 0.5) is 0 Å². The Hall–Kier alpha value is -2.05. The fraction of sp³-hybridized carbons (Fsp3) is 0.0714. The predicted octanol–water partition coefficient (Wildman–Crippen LogP) is 3.04. The average Bonchev–Trinajstić information content (AvgIpc) is 2.49. The SMILES string of the molecule is NCc1cc(Br)ccc1Oc1ccc2nccnc2n1. The van der Waals surface area contributed by atoms with Crippen LogP contribution in [0.1, 0.15) is 5.56 Å². The van der Waals surface area contributed by atoms with Crippen molar-refractivity contribution in [2.24, 2.45) is 5.73 Å². The van der Waals surface area contributed by atoms with Crippen LogP contribution in [-0.2, 0) is 6.54 Å². The second-order valence-electron chi connectivity index (χ2n) is 4.11. The Morgan fingerprint density at radius 1 is 1.10 bits per heavy atom. The van der Waals surface area contributed by atoms with Crippen molar-refractivity contribution in [3.8, 4) is 11.6 Å². The second kappa shape index (κ2) is 5.52. The summed E-state index contributed by atoms with van der Waals surface area (Å²) in [5, 5.41) is 0. The van der Waals surface area contributed by atoms with E-state index in [1.54, 1.807) is 18.5 Å². The van der Waals surface area contributed by atoms with E-state index in [1.165, 1.54) is 0 Å². The van der Waals surface area contributed by atoms with Crippen LogP contribution in [0.15, 0.2) is 47.2 Å². The Balaban J connectivity index is 1.96. The third-order valence-electron chi connectivity index (χ3n) is 2.76. The maximum absolute atomic E-state index is 5.78. The molecule has 0 amide bonds. The van der Waals surface area contributed by atoms with Gasteiger partial charge in [-0.1, -0.05) is 15.9 Å². The summed E-state index contributed by atoms with van der Waals surface area (Å²) >= 11 is 3.41. The number of fused-ring (bicyclic) bond motifs is 1. The van der Waals surface area contributed by atoms with Crippen molar-refractivity contribution in [2.45, 2.75) is 6.54 Å². The molecule has 0 saturated carbocycles. The van der Waals surface area contributed by atoms with Crippen LogP contribution >= 0.6 is 15.9 Å². The maximum atomic E-state index is 5.78. The molecule has 2 heterocycles. The van der Waals surface area contributed by atoms with Crippen LogP contribution in [-0.4, -0.2) is 15.0 Å². The fourth-order valence-electron chi connectivity index (χ4n) is 1.81. The zero-order valence-electron chi connectivity index (χ0n) is 10.5. The number of hydrogen-bond donors (Lipinski definition) is 1. The molecule has 0 radical (unpaired) electrons. The number of nitrogens with zero attached hydrogens (tertiary/aromatic N) is 3. The van der Waals surface area contributed by atoms with Gasteiger partial charge in [-0.05, 0) is 24.3 Å². The largest absolute Gasteiger partial charge is 0.439 e. The molecule has 0 spiro atoms. The number of halogens is 1. The molecule has 0 fully saturated rings. The number of benzene rings is 1. The minimum atomic E-state index is 0.391. The minimum absolute atomic E-state index is 0.391.